The van der Waals surface area contributed by atoms with Crippen LogP contribution in [-0.2, 0) is 16.6 Å². The predicted molar refractivity (Wildman–Crippen MR) is 61.2 cm³/mol. The Morgan fingerprint density at radius 1 is 1.59 bits per heavy atom. The summed E-state index contributed by atoms with van der Waals surface area (Å²) >= 11 is 0. The Hall–Kier alpha value is -2.05. The normalized spacial score (nSPS) is 10.0. The van der Waals surface area contributed by atoms with Crippen LogP contribution < -0.4 is 11.1 Å². The number of hydrogen-bond acceptors (Lipinski definition) is 5. The van der Waals surface area contributed by atoms with Crippen LogP contribution in [0.25, 0.3) is 0 Å². The molecule has 7 nitrogen and oxygen atoms in total. The number of anilines is 1. The molecule has 3 N–H and O–H groups in total. The zero-order chi connectivity index (χ0) is 12.8. The van der Waals surface area contributed by atoms with Crippen LogP contribution in [0.1, 0.15) is 23.2 Å². The van der Waals surface area contributed by atoms with Crippen molar-refractivity contribution in [2.24, 2.45) is 7.05 Å². The number of rotatable bonds is 5. The van der Waals surface area contributed by atoms with Crippen LogP contribution >= 0.6 is 0 Å². The molecule has 0 radical (unpaired) electrons. The van der Waals surface area contributed by atoms with Crippen LogP contribution in [-0.4, -0.2) is 35.3 Å². The van der Waals surface area contributed by atoms with Crippen molar-refractivity contribution >= 4 is 17.7 Å². The number of nitrogen functional groups attached to an aromatic ring is 1. The lowest BCUT2D eigenvalue weighted by molar-refractivity contribution is -0.140. The third-order valence-corrected chi connectivity index (χ3v) is 2.30. The molecular formula is C10H16N4O3. The third kappa shape index (κ3) is 3.47. The molecule has 1 aromatic rings. The van der Waals surface area contributed by atoms with Gasteiger partial charge in [0, 0.05) is 20.0 Å². The van der Waals surface area contributed by atoms with E-state index in [0.29, 0.717) is 24.3 Å². The molecule has 0 saturated heterocycles. The number of aromatic nitrogens is 2. The Kier molecular flexibility index (Phi) is 4.50. The van der Waals surface area contributed by atoms with Gasteiger partial charge in [0.05, 0.1) is 13.3 Å². The molecule has 0 atom stereocenters. The van der Waals surface area contributed by atoms with Gasteiger partial charge in [0.2, 0.25) is 0 Å². The van der Waals surface area contributed by atoms with Gasteiger partial charge in [-0.05, 0) is 6.42 Å². The van der Waals surface area contributed by atoms with E-state index in [9.17, 15) is 9.59 Å². The fourth-order valence-corrected chi connectivity index (χ4v) is 1.25. The van der Waals surface area contributed by atoms with Crippen LogP contribution in [0, 0.1) is 0 Å². The summed E-state index contributed by atoms with van der Waals surface area (Å²) in [7, 11) is 2.99. The van der Waals surface area contributed by atoms with Crippen LogP contribution in [0.5, 0.6) is 0 Å². The molecule has 0 bridgehead atoms. The standard InChI is InChI=1S/C10H16N4O3/c1-14-9(11)7(6-13-14)10(16)12-5-3-4-8(15)17-2/h6H,3-5,11H2,1-2H3,(H,12,16). The van der Waals surface area contributed by atoms with E-state index >= 15 is 0 Å². The number of carbonyl (C=O) groups is 2. The number of ether oxygens (including phenoxy) is 1. The van der Waals surface area contributed by atoms with Gasteiger partial charge < -0.3 is 15.8 Å². The smallest absolute Gasteiger partial charge is 0.305 e. The lowest BCUT2D eigenvalue weighted by Gasteiger charge is -2.04. The van der Waals surface area contributed by atoms with Crippen molar-refractivity contribution in [3.05, 3.63) is 11.8 Å². The van der Waals surface area contributed by atoms with Crippen molar-refractivity contribution in [2.45, 2.75) is 12.8 Å². The number of aryl methyl sites for hydroxylation is 1. The van der Waals surface area contributed by atoms with Crippen molar-refractivity contribution in [1.82, 2.24) is 15.1 Å². The average Bonchev–Trinajstić information content (AvgIpc) is 2.65. The number of methoxy groups -OCH3 is 1. The number of hydrogen-bond donors (Lipinski definition) is 2. The average molecular weight is 240 g/mol. The topological polar surface area (TPSA) is 99.2 Å². The molecule has 1 amide bonds. The van der Waals surface area contributed by atoms with Crippen LogP contribution in [0.4, 0.5) is 5.82 Å². The lowest BCUT2D eigenvalue weighted by atomic mass is 10.2. The molecule has 0 aliphatic heterocycles. The van der Waals surface area contributed by atoms with Gasteiger partial charge in [-0.1, -0.05) is 0 Å². The molecule has 0 saturated carbocycles. The van der Waals surface area contributed by atoms with Crippen molar-refractivity contribution in [2.75, 3.05) is 19.4 Å². The van der Waals surface area contributed by atoms with Crippen molar-refractivity contribution in [3.8, 4) is 0 Å². The summed E-state index contributed by atoms with van der Waals surface area (Å²) in [5, 5.41) is 6.52. The Bertz CT molecular complexity index is 414. The highest BCUT2D eigenvalue weighted by atomic mass is 16.5. The summed E-state index contributed by atoms with van der Waals surface area (Å²) in [5.41, 5.74) is 5.98. The molecular weight excluding hydrogens is 224 g/mol. The van der Waals surface area contributed by atoms with Gasteiger partial charge in [-0.25, -0.2) is 0 Å². The molecule has 17 heavy (non-hydrogen) atoms. The summed E-state index contributed by atoms with van der Waals surface area (Å²) in [6.45, 7) is 0.391. The van der Waals surface area contributed by atoms with E-state index < -0.39 is 0 Å². The van der Waals surface area contributed by atoms with Crippen LogP contribution in [0.15, 0.2) is 6.20 Å². The van der Waals surface area contributed by atoms with E-state index in [1.165, 1.54) is 18.0 Å². The summed E-state index contributed by atoms with van der Waals surface area (Å²) in [6, 6.07) is 0. The second-order valence-electron chi connectivity index (χ2n) is 3.50. The highest BCUT2D eigenvalue weighted by Crippen LogP contribution is 2.08. The summed E-state index contributed by atoms with van der Waals surface area (Å²) < 4.78 is 5.90. The Morgan fingerprint density at radius 3 is 2.82 bits per heavy atom. The fourth-order valence-electron chi connectivity index (χ4n) is 1.25. The summed E-state index contributed by atoms with van der Waals surface area (Å²) in [5.74, 6) is -0.268. The maximum absolute atomic E-state index is 11.6. The maximum atomic E-state index is 11.6. The zero-order valence-corrected chi connectivity index (χ0v) is 9.90. The minimum absolute atomic E-state index is 0.277. The minimum Gasteiger partial charge on any atom is -0.469 e. The highest BCUT2D eigenvalue weighted by molar-refractivity contribution is 5.98. The second kappa shape index (κ2) is 5.88. The molecule has 0 aliphatic carbocycles. The first-order valence-corrected chi connectivity index (χ1v) is 5.18. The van der Waals surface area contributed by atoms with E-state index in [0.717, 1.165) is 0 Å². The van der Waals surface area contributed by atoms with Gasteiger partial charge in [0.15, 0.2) is 0 Å². The lowest BCUT2D eigenvalue weighted by Crippen LogP contribution is -2.25. The number of nitrogens with one attached hydrogen (secondary N) is 1. The van der Waals surface area contributed by atoms with Crippen molar-refractivity contribution in [1.29, 1.82) is 0 Å². The van der Waals surface area contributed by atoms with Gasteiger partial charge in [0.25, 0.3) is 5.91 Å². The van der Waals surface area contributed by atoms with E-state index in [4.69, 9.17) is 5.73 Å². The Morgan fingerprint density at radius 2 is 2.29 bits per heavy atom. The monoisotopic (exact) mass is 240 g/mol. The molecule has 7 heteroatoms. The fraction of sp³-hybridized carbons (Fsp3) is 0.500. The Balaban J connectivity index is 2.36. The third-order valence-electron chi connectivity index (χ3n) is 2.30. The van der Waals surface area contributed by atoms with E-state index in [-0.39, 0.29) is 18.3 Å². The van der Waals surface area contributed by atoms with Crippen LogP contribution in [0.3, 0.4) is 0 Å². The number of amides is 1. The second-order valence-corrected chi connectivity index (χ2v) is 3.50. The number of esters is 1. The van der Waals surface area contributed by atoms with E-state index in [1.807, 2.05) is 0 Å². The molecule has 0 unspecified atom stereocenters. The first kappa shape index (κ1) is 13.0. The molecule has 0 aromatic carbocycles. The molecule has 0 fully saturated rings. The van der Waals surface area contributed by atoms with Gasteiger partial charge in [0.1, 0.15) is 11.4 Å². The maximum Gasteiger partial charge on any atom is 0.305 e. The highest BCUT2D eigenvalue weighted by Gasteiger charge is 2.12. The predicted octanol–water partition coefficient (Wildman–Crippen LogP) is -0.315. The molecule has 1 rings (SSSR count). The molecule has 0 spiro atoms. The number of nitrogens with two attached hydrogens (primary N) is 1. The van der Waals surface area contributed by atoms with E-state index in [1.54, 1.807) is 7.05 Å². The number of carbonyl (C=O) groups excluding carboxylic acids is 2. The quantitative estimate of drug-likeness (QED) is 0.543. The molecule has 1 aromatic heterocycles. The molecule has 94 valence electrons. The molecule has 0 aliphatic rings. The minimum atomic E-state index is -0.292. The molecule has 1 heterocycles. The largest absolute Gasteiger partial charge is 0.469 e. The summed E-state index contributed by atoms with van der Waals surface area (Å²) in [6.07, 6.45) is 2.21. The summed E-state index contributed by atoms with van der Waals surface area (Å²) in [4.78, 5) is 22.4. The SMILES string of the molecule is COC(=O)CCCNC(=O)c1cnn(C)c1N. The van der Waals surface area contributed by atoms with Gasteiger partial charge >= 0.3 is 5.97 Å². The van der Waals surface area contributed by atoms with Crippen molar-refractivity contribution < 1.29 is 14.3 Å². The van der Waals surface area contributed by atoms with Gasteiger partial charge in [-0.15, -0.1) is 0 Å². The number of nitrogens with zero attached hydrogens (tertiary/aromatic N) is 2. The van der Waals surface area contributed by atoms with Crippen LogP contribution in [0.2, 0.25) is 0 Å². The van der Waals surface area contributed by atoms with Crippen molar-refractivity contribution in [3.63, 3.8) is 0 Å². The Labute approximate surface area is 98.9 Å². The van der Waals surface area contributed by atoms with E-state index in [2.05, 4.69) is 15.2 Å². The first-order chi connectivity index (χ1) is 8.06. The van der Waals surface area contributed by atoms with Gasteiger partial charge in [-0.3, -0.25) is 14.3 Å². The first-order valence-electron chi connectivity index (χ1n) is 5.18. The van der Waals surface area contributed by atoms with Gasteiger partial charge in [-0.2, -0.15) is 5.10 Å². The zero-order valence-electron chi connectivity index (χ0n) is 9.90.